The predicted molar refractivity (Wildman–Crippen MR) is 125 cm³/mol. The van der Waals surface area contributed by atoms with Crippen molar-refractivity contribution in [2.24, 2.45) is 0 Å². The van der Waals surface area contributed by atoms with Crippen molar-refractivity contribution in [3.63, 3.8) is 0 Å². The molecular formula is C21H25BrN8O4. The number of rotatable bonds is 5. The van der Waals surface area contributed by atoms with Gasteiger partial charge in [-0.25, -0.2) is 14.3 Å². The Kier molecular flexibility index (Phi) is 6.82. The van der Waals surface area contributed by atoms with Crippen molar-refractivity contribution in [1.29, 1.82) is 0 Å². The lowest BCUT2D eigenvalue weighted by Gasteiger charge is -2.35. The first-order chi connectivity index (χ1) is 16.3. The molecule has 1 atom stereocenters. The first-order valence-electron chi connectivity index (χ1n) is 10.9. The number of fused-ring (bicyclic) bond motifs is 1. The summed E-state index contributed by atoms with van der Waals surface area (Å²) < 4.78 is 8.55. The summed E-state index contributed by atoms with van der Waals surface area (Å²) in [6.45, 7) is 7.25. The molecule has 4 rings (SSSR count). The molecule has 13 heteroatoms. The summed E-state index contributed by atoms with van der Waals surface area (Å²) in [5, 5.41) is 11.5. The Morgan fingerprint density at radius 3 is 2.56 bits per heavy atom. The van der Waals surface area contributed by atoms with Crippen LogP contribution in [0.15, 0.2) is 29.1 Å². The first-order valence-corrected chi connectivity index (χ1v) is 11.7. The van der Waals surface area contributed by atoms with Crippen LogP contribution in [-0.2, 0) is 9.53 Å². The van der Waals surface area contributed by atoms with Gasteiger partial charge in [-0.1, -0.05) is 0 Å². The summed E-state index contributed by atoms with van der Waals surface area (Å²) in [6, 6.07) is 1.14. The maximum absolute atomic E-state index is 13.0. The van der Waals surface area contributed by atoms with Gasteiger partial charge in [-0.05, 0) is 42.8 Å². The van der Waals surface area contributed by atoms with E-state index in [4.69, 9.17) is 4.74 Å². The molecule has 1 N–H and O–H groups in total. The number of halogens is 1. The third-order valence-electron chi connectivity index (χ3n) is 5.59. The lowest BCUT2D eigenvalue weighted by atomic mass is 10.2. The molecule has 0 saturated carbocycles. The van der Waals surface area contributed by atoms with Gasteiger partial charge in [0.15, 0.2) is 11.3 Å². The molecule has 3 aromatic rings. The van der Waals surface area contributed by atoms with E-state index in [1.165, 1.54) is 9.20 Å². The summed E-state index contributed by atoms with van der Waals surface area (Å²) in [7, 11) is 0. The van der Waals surface area contributed by atoms with E-state index in [0.717, 1.165) is 0 Å². The van der Waals surface area contributed by atoms with E-state index < -0.39 is 11.9 Å². The number of nitrogens with zero attached hydrogens (tertiary/aromatic N) is 7. The van der Waals surface area contributed by atoms with Gasteiger partial charge in [-0.15, -0.1) is 0 Å². The number of anilines is 1. The highest BCUT2D eigenvalue weighted by molar-refractivity contribution is 9.10. The van der Waals surface area contributed by atoms with Gasteiger partial charge in [0.05, 0.1) is 22.5 Å². The lowest BCUT2D eigenvalue weighted by Crippen LogP contribution is -2.52. The van der Waals surface area contributed by atoms with Crippen LogP contribution < -0.4 is 5.32 Å². The zero-order chi connectivity index (χ0) is 24.4. The third kappa shape index (κ3) is 4.60. The number of piperazine rings is 1. The smallest absolute Gasteiger partial charge is 0.409 e. The number of nitrogens with one attached hydrogen (secondary N) is 1. The van der Waals surface area contributed by atoms with Gasteiger partial charge in [-0.3, -0.25) is 14.3 Å². The van der Waals surface area contributed by atoms with Crippen LogP contribution in [0.1, 0.15) is 36.1 Å². The highest BCUT2D eigenvalue weighted by atomic mass is 79.9. The fourth-order valence-electron chi connectivity index (χ4n) is 3.69. The van der Waals surface area contributed by atoms with E-state index >= 15 is 0 Å². The molecule has 0 spiro atoms. The number of amides is 3. The summed E-state index contributed by atoms with van der Waals surface area (Å²) in [6.07, 6.45) is 4.59. The Labute approximate surface area is 204 Å². The quantitative estimate of drug-likeness (QED) is 0.532. The van der Waals surface area contributed by atoms with Crippen LogP contribution in [-0.4, -0.2) is 84.9 Å². The van der Waals surface area contributed by atoms with Crippen LogP contribution in [0.2, 0.25) is 0 Å². The third-order valence-corrected chi connectivity index (χ3v) is 6.32. The maximum Gasteiger partial charge on any atom is 0.409 e. The van der Waals surface area contributed by atoms with Crippen LogP contribution in [0.4, 0.5) is 10.5 Å². The summed E-state index contributed by atoms with van der Waals surface area (Å²) in [4.78, 5) is 45.3. The molecule has 0 aromatic carbocycles. The Balaban J connectivity index is 1.42. The van der Waals surface area contributed by atoms with Crippen molar-refractivity contribution in [3.8, 4) is 0 Å². The van der Waals surface area contributed by atoms with Crippen LogP contribution in [0.5, 0.6) is 0 Å². The van der Waals surface area contributed by atoms with Gasteiger partial charge >= 0.3 is 6.09 Å². The number of carbonyl (C=O) groups excluding carboxylic acids is 3. The molecule has 12 nitrogen and oxygen atoms in total. The zero-order valence-corrected chi connectivity index (χ0v) is 20.6. The van der Waals surface area contributed by atoms with Crippen molar-refractivity contribution in [2.75, 3.05) is 38.1 Å². The van der Waals surface area contributed by atoms with Gasteiger partial charge in [0.25, 0.3) is 5.91 Å². The number of carbonyl (C=O) groups is 3. The van der Waals surface area contributed by atoms with Crippen molar-refractivity contribution in [2.45, 2.75) is 26.8 Å². The number of hydrogen-bond donors (Lipinski definition) is 1. The fraction of sp³-hybridized carbons (Fsp3) is 0.429. The van der Waals surface area contributed by atoms with E-state index in [9.17, 15) is 14.4 Å². The van der Waals surface area contributed by atoms with Gasteiger partial charge in [0.1, 0.15) is 6.04 Å². The normalized spacial score (nSPS) is 14.8. The van der Waals surface area contributed by atoms with E-state index in [1.54, 1.807) is 55.2 Å². The Bertz CT molecular complexity index is 1230. The highest BCUT2D eigenvalue weighted by Crippen LogP contribution is 2.23. The number of ether oxygens (including phenoxy) is 1. The van der Waals surface area contributed by atoms with Crippen LogP contribution in [0.3, 0.4) is 0 Å². The van der Waals surface area contributed by atoms with Gasteiger partial charge < -0.3 is 19.9 Å². The second-order valence-electron chi connectivity index (χ2n) is 7.80. The SMILES string of the molecule is CCOC(=O)N1CCN(C(=O)C(C)n2cc(NC(=O)c3nn4cccnc4c3Br)c(C)n2)CC1. The minimum atomic E-state index is -0.579. The Morgan fingerprint density at radius 1 is 1.18 bits per heavy atom. The Morgan fingerprint density at radius 2 is 1.88 bits per heavy atom. The molecule has 1 unspecified atom stereocenters. The zero-order valence-electron chi connectivity index (χ0n) is 19.1. The number of aromatic nitrogens is 5. The topological polar surface area (TPSA) is 127 Å². The average molecular weight is 533 g/mol. The molecule has 1 fully saturated rings. The van der Waals surface area contributed by atoms with Crippen LogP contribution in [0.25, 0.3) is 5.65 Å². The average Bonchev–Trinajstić information content (AvgIpc) is 3.38. The van der Waals surface area contributed by atoms with Gasteiger partial charge in [-0.2, -0.15) is 10.2 Å². The molecular weight excluding hydrogens is 508 g/mol. The van der Waals surface area contributed by atoms with Crippen LogP contribution in [0, 0.1) is 6.92 Å². The molecule has 180 valence electrons. The molecule has 4 heterocycles. The van der Waals surface area contributed by atoms with Crippen molar-refractivity contribution in [1.82, 2.24) is 34.2 Å². The minimum absolute atomic E-state index is 0.113. The predicted octanol–water partition coefficient (Wildman–Crippen LogP) is 2.11. The van der Waals surface area contributed by atoms with E-state index in [1.807, 2.05) is 0 Å². The van der Waals surface area contributed by atoms with E-state index in [-0.39, 0.29) is 17.7 Å². The number of hydrogen-bond acceptors (Lipinski definition) is 7. The van der Waals surface area contributed by atoms with Gasteiger partial charge in [0.2, 0.25) is 5.91 Å². The van der Waals surface area contributed by atoms with Crippen molar-refractivity contribution < 1.29 is 19.1 Å². The Hall–Kier alpha value is -3.48. The molecule has 0 bridgehead atoms. The first kappa shape index (κ1) is 23.7. The van der Waals surface area contributed by atoms with Crippen molar-refractivity contribution in [3.05, 3.63) is 40.5 Å². The summed E-state index contributed by atoms with van der Waals surface area (Å²) >= 11 is 3.39. The molecule has 3 aromatic heterocycles. The van der Waals surface area contributed by atoms with Crippen molar-refractivity contribution >= 4 is 45.2 Å². The molecule has 1 saturated heterocycles. The maximum atomic E-state index is 13.0. The molecule has 1 aliphatic heterocycles. The fourth-order valence-corrected chi connectivity index (χ4v) is 4.23. The molecule has 1 aliphatic rings. The summed E-state index contributed by atoms with van der Waals surface area (Å²) in [5.74, 6) is -0.535. The molecule has 0 radical (unpaired) electrons. The van der Waals surface area contributed by atoms with Crippen LogP contribution >= 0.6 is 15.9 Å². The van der Waals surface area contributed by atoms with E-state index in [2.05, 4.69) is 36.4 Å². The number of aryl methyl sites for hydroxylation is 1. The molecule has 0 aliphatic carbocycles. The second-order valence-corrected chi connectivity index (χ2v) is 8.59. The lowest BCUT2D eigenvalue weighted by molar-refractivity contribution is -0.136. The molecule has 34 heavy (non-hydrogen) atoms. The monoisotopic (exact) mass is 532 g/mol. The van der Waals surface area contributed by atoms with Gasteiger partial charge in [0, 0.05) is 44.8 Å². The second kappa shape index (κ2) is 9.79. The van der Waals surface area contributed by atoms with E-state index in [0.29, 0.717) is 54.3 Å². The standard InChI is InChI=1S/C21H25BrN8O4/c1-4-34-21(33)28-10-8-27(9-11-28)20(32)14(3)30-12-15(13(2)25-30)24-19(31)17-16(22)18-23-6-5-7-29(18)26-17/h5-7,12,14H,4,8-11H2,1-3H3,(H,24,31). The summed E-state index contributed by atoms with van der Waals surface area (Å²) in [5.41, 5.74) is 1.77. The highest BCUT2D eigenvalue weighted by Gasteiger charge is 2.29. The molecule has 3 amide bonds. The minimum Gasteiger partial charge on any atom is -0.450 e. The largest absolute Gasteiger partial charge is 0.450 e.